The van der Waals surface area contributed by atoms with Crippen molar-refractivity contribution in [2.24, 2.45) is 0 Å². The minimum atomic E-state index is -0.298. The molecule has 0 bridgehead atoms. The number of rotatable bonds is 2. The Balaban J connectivity index is 2.06. The van der Waals surface area contributed by atoms with Crippen LogP contribution in [-0.2, 0) is 11.2 Å². The second-order valence-electron chi connectivity index (χ2n) is 4.55. The zero-order valence-corrected chi connectivity index (χ0v) is 11.8. The maximum Gasteiger partial charge on any atom is 0.227 e. The van der Waals surface area contributed by atoms with E-state index in [-0.39, 0.29) is 17.8 Å². The summed E-state index contributed by atoms with van der Waals surface area (Å²) >= 11 is 3.29. The van der Waals surface area contributed by atoms with Gasteiger partial charge in [-0.3, -0.25) is 4.79 Å². The van der Waals surface area contributed by atoms with Crippen LogP contribution in [0.25, 0.3) is 0 Å². The molecular formula is C13H16BrFN2O. The Labute approximate surface area is 114 Å². The lowest BCUT2D eigenvalue weighted by Gasteiger charge is -2.34. The van der Waals surface area contributed by atoms with Crippen LogP contribution in [0.15, 0.2) is 22.7 Å². The van der Waals surface area contributed by atoms with Gasteiger partial charge in [0.2, 0.25) is 5.91 Å². The van der Waals surface area contributed by atoms with Crippen molar-refractivity contribution in [1.29, 1.82) is 0 Å². The van der Waals surface area contributed by atoms with E-state index in [9.17, 15) is 9.18 Å². The SMILES string of the molecule is C[C@@H]1CNCCN1C(=O)Cc1ccc(F)cc1Br. The molecular weight excluding hydrogens is 299 g/mol. The number of carbonyl (C=O) groups is 1. The van der Waals surface area contributed by atoms with E-state index in [4.69, 9.17) is 0 Å². The summed E-state index contributed by atoms with van der Waals surface area (Å²) in [7, 11) is 0. The van der Waals surface area contributed by atoms with Crippen LogP contribution in [0.1, 0.15) is 12.5 Å². The topological polar surface area (TPSA) is 32.3 Å². The summed E-state index contributed by atoms with van der Waals surface area (Å²) in [5, 5.41) is 3.25. The number of hydrogen-bond acceptors (Lipinski definition) is 2. The number of nitrogens with zero attached hydrogens (tertiary/aromatic N) is 1. The van der Waals surface area contributed by atoms with Gasteiger partial charge in [-0.15, -0.1) is 0 Å². The Morgan fingerprint density at radius 3 is 3.06 bits per heavy atom. The summed E-state index contributed by atoms with van der Waals surface area (Å²) in [6.45, 7) is 4.43. The van der Waals surface area contributed by atoms with E-state index < -0.39 is 0 Å². The van der Waals surface area contributed by atoms with E-state index in [1.807, 2.05) is 11.8 Å². The molecule has 1 aliphatic heterocycles. The van der Waals surface area contributed by atoms with Crippen LogP contribution in [0.4, 0.5) is 4.39 Å². The number of halogens is 2. The highest BCUT2D eigenvalue weighted by molar-refractivity contribution is 9.10. The van der Waals surface area contributed by atoms with Crippen LogP contribution in [0.2, 0.25) is 0 Å². The van der Waals surface area contributed by atoms with Crippen molar-refractivity contribution in [1.82, 2.24) is 10.2 Å². The first kappa shape index (κ1) is 13.5. The summed E-state index contributed by atoms with van der Waals surface area (Å²) in [5.74, 6) is -0.204. The average Bonchev–Trinajstić information content (AvgIpc) is 2.33. The Hall–Kier alpha value is -0.940. The highest BCUT2D eigenvalue weighted by Gasteiger charge is 2.23. The van der Waals surface area contributed by atoms with Gasteiger partial charge >= 0.3 is 0 Å². The van der Waals surface area contributed by atoms with Gasteiger partial charge in [-0.05, 0) is 24.6 Å². The molecule has 2 rings (SSSR count). The maximum absolute atomic E-state index is 13.0. The van der Waals surface area contributed by atoms with E-state index >= 15 is 0 Å². The van der Waals surface area contributed by atoms with Gasteiger partial charge in [0.1, 0.15) is 5.82 Å². The molecule has 1 atom stereocenters. The van der Waals surface area contributed by atoms with Crippen LogP contribution >= 0.6 is 15.9 Å². The third-order valence-electron chi connectivity index (χ3n) is 3.18. The Bertz CT molecular complexity index is 453. The fourth-order valence-corrected chi connectivity index (χ4v) is 2.63. The number of amides is 1. The van der Waals surface area contributed by atoms with Crippen molar-refractivity contribution in [3.05, 3.63) is 34.1 Å². The molecule has 0 aromatic heterocycles. The minimum Gasteiger partial charge on any atom is -0.337 e. The lowest BCUT2D eigenvalue weighted by Crippen LogP contribution is -2.52. The first-order chi connectivity index (χ1) is 8.58. The zero-order chi connectivity index (χ0) is 13.1. The molecule has 1 aromatic rings. The van der Waals surface area contributed by atoms with Crippen LogP contribution in [-0.4, -0.2) is 36.5 Å². The van der Waals surface area contributed by atoms with Crippen molar-refractivity contribution in [2.45, 2.75) is 19.4 Å². The van der Waals surface area contributed by atoms with Crippen molar-refractivity contribution >= 4 is 21.8 Å². The summed E-state index contributed by atoms with van der Waals surface area (Å²) < 4.78 is 13.6. The molecule has 0 aliphatic carbocycles. The van der Waals surface area contributed by atoms with Crippen molar-refractivity contribution < 1.29 is 9.18 Å². The van der Waals surface area contributed by atoms with Gasteiger partial charge in [0.15, 0.2) is 0 Å². The van der Waals surface area contributed by atoms with E-state index in [2.05, 4.69) is 21.2 Å². The lowest BCUT2D eigenvalue weighted by atomic mass is 10.1. The average molecular weight is 315 g/mol. The molecule has 1 aliphatic rings. The van der Waals surface area contributed by atoms with Gasteiger partial charge in [-0.2, -0.15) is 0 Å². The highest BCUT2D eigenvalue weighted by Crippen LogP contribution is 2.19. The molecule has 0 saturated carbocycles. The van der Waals surface area contributed by atoms with E-state index in [0.29, 0.717) is 10.9 Å². The monoisotopic (exact) mass is 314 g/mol. The summed E-state index contributed by atoms with van der Waals surface area (Å²) in [4.78, 5) is 14.1. The second-order valence-corrected chi connectivity index (χ2v) is 5.41. The maximum atomic E-state index is 13.0. The van der Waals surface area contributed by atoms with E-state index in [1.54, 1.807) is 6.07 Å². The summed E-state index contributed by atoms with van der Waals surface area (Å²) in [5.41, 5.74) is 0.826. The predicted octanol–water partition coefficient (Wildman–Crippen LogP) is 1.95. The Morgan fingerprint density at radius 1 is 1.61 bits per heavy atom. The number of hydrogen-bond donors (Lipinski definition) is 1. The van der Waals surface area contributed by atoms with Crippen LogP contribution in [0, 0.1) is 5.82 Å². The third-order valence-corrected chi connectivity index (χ3v) is 3.92. The highest BCUT2D eigenvalue weighted by atomic mass is 79.9. The molecule has 0 unspecified atom stereocenters. The summed E-state index contributed by atoms with van der Waals surface area (Å²) in [6.07, 6.45) is 0.311. The van der Waals surface area contributed by atoms with Crippen molar-refractivity contribution in [3.63, 3.8) is 0 Å². The molecule has 1 amide bonds. The molecule has 0 radical (unpaired) electrons. The third kappa shape index (κ3) is 3.09. The van der Waals surface area contributed by atoms with Crippen LogP contribution < -0.4 is 5.32 Å². The van der Waals surface area contributed by atoms with Crippen LogP contribution in [0.5, 0.6) is 0 Å². The quantitative estimate of drug-likeness (QED) is 0.905. The molecule has 1 saturated heterocycles. The molecule has 1 heterocycles. The van der Waals surface area contributed by atoms with Gasteiger partial charge < -0.3 is 10.2 Å². The van der Waals surface area contributed by atoms with Crippen molar-refractivity contribution in [2.75, 3.05) is 19.6 Å². The number of nitrogens with one attached hydrogen (secondary N) is 1. The van der Waals surface area contributed by atoms with Gasteiger partial charge in [0, 0.05) is 30.1 Å². The molecule has 1 N–H and O–H groups in total. The molecule has 18 heavy (non-hydrogen) atoms. The smallest absolute Gasteiger partial charge is 0.227 e. The predicted molar refractivity (Wildman–Crippen MR) is 71.8 cm³/mol. The second kappa shape index (κ2) is 5.80. The molecule has 1 aromatic carbocycles. The molecule has 1 fully saturated rings. The molecule has 3 nitrogen and oxygen atoms in total. The van der Waals surface area contributed by atoms with Gasteiger partial charge in [0.25, 0.3) is 0 Å². The lowest BCUT2D eigenvalue weighted by molar-refractivity contribution is -0.133. The molecule has 5 heteroatoms. The number of benzene rings is 1. The standard InChI is InChI=1S/C13H16BrFN2O/c1-9-8-16-4-5-17(9)13(18)6-10-2-3-11(15)7-12(10)14/h2-3,7,9,16H,4-6,8H2,1H3/t9-/m1/s1. The fourth-order valence-electron chi connectivity index (χ4n) is 2.14. The van der Waals surface area contributed by atoms with E-state index in [1.165, 1.54) is 12.1 Å². The first-order valence-electron chi connectivity index (χ1n) is 6.02. The van der Waals surface area contributed by atoms with E-state index in [0.717, 1.165) is 25.2 Å². The Morgan fingerprint density at radius 2 is 2.39 bits per heavy atom. The number of piperazine rings is 1. The largest absolute Gasteiger partial charge is 0.337 e. The zero-order valence-electron chi connectivity index (χ0n) is 10.2. The van der Waals surface area contributed by atoms with Crippen LogP contribution in [0.3, 0.4) is 0 Å². The molecule has 0 spiro atoms. The minimum absolute atomic E-state index is 0.0938. The van der Waals surface area contributed by atoms with Gasteiger partial charge in [0.05, 0.1) is 6.42 Å². The molecule has 98 valence electrons. The van der Waals surface area contributed by atoms with Crippen molar-refractivity contribution in [3.8, 4) is 0 Å². The van der Waals surface area contributed by atoms with Gasteiger partial charge in [-0.1, -0.05) is 22.0 Å². The first-order valence-corrected chi connectivity index (χ1v) is 6.81. The fraction of sp³-hybridized carbons (Fsp3) is 0.462. The van der Waals surface area contributed by atoms with Gasteiger partial charge in [-0.25, -0.2) is 4.39 Å². The Kier molecular flexibility index (Phi) is 4.35. The normalized spacial score (nSPS) is 19.9. The number of carbonyl (C=O) groups excluding carboxylic acids is 1. The summed E-state index contributed by atoms with van der Waals surface area (Å²) in [6, 6.07) is 4.65.